The monoisotopic (exact) mass is 324 g/mol. The van der Waals surface area contributed by atoms with Gasteiger partial charge in [-0.25, -0.2) is 0 Å². The quantitative estimate of drug-likeness (QED) is 0.861. The number of carbonyl (C=O) groups excluding carboxylic acids is 1. The van der Waals surface area contributed by atoms with Crippen LogP contribution in [-0.2, 0) is 19.0 Å². The first-order chi connectivity index (χ1) is 10.7. The summed E-state index contributed by atoms with van der Waals surface area (Å²) in [5.41, 5.74) is -2.26. The van der Waals surface area contributed by atoms with Crippen molar-refractivity contribution in [3.05, 3.63) is 11.5 Å². The zero-order valence-electron chi connectivity index (χ0n) is 14.7. The van der Waals surface area contributed by atoms with Crippen LogP contribution in [0.15, 0.2) is 11.5 Å². The number of ketones is 1. The summed E-state index contributed by atoms with van der Waals surface area (Å²) in [6, 6.07) is 0. The van der Waals surface area contributed by atoms with Gasteiger partial charge in [0.05, 0.1) is 23.7 Å². The minimum atomic E-state index is -1.33. The summed E-state index contributed by atoms with van der Waals surface area (Å²) in [7, 11) is 0. The molecule has 1 N–H and O–H groups in total. The molecule has 1 saturated heterocycles. The van der Waals surface area contributed by atoms with Gasteiger partial charge in [0.25, 0.3) is 0 Å². The maximum absolute atomic E-state index is 13.1. The molecule has 23 heavy (non-hydrogen) atoms. The second-order valence-corrected chi connectivity index (χ2v) is 7.78. The Morgan fingerprint density at radius 3 is 2.48 bits per heavy atom. The van der Waals surface area contributed by atoms with E-state index in [9.17, 15) is 9.90 Å². The molecule has 3 aliphatic rings. The van der Waals surface area contributed by atoms with E-state index in [1.165, 1.54) is 0 Å². The van der Waals surface area contributed by atoms with E-state index in [1.807, 2.05) is 34.6 Å². The first kappa shape index (κ1) is 16.8. The molecule has 5 nitrogen and oxygen atoms in total. The Morgan fingerprint density at radius 1 is 1.22 bits per heavy atom. The van der Waals surface area contributed by atoms with Crippen LogP contribution in [0.3, 0.4) is 0 Å². The van der Waals surface area contributed by atoms with Crippen molar-refractivity contribution in [3.8, 4) is 0 Å². The van der Waals surface area contributed by atoms with Crippen LogP contribution in [0.1, 0.15) is 53.9 Å². The van der Waals surface area contributed by atoms with Crippen LogP contribution in [0, 0.1) is 11.3 Å². The Balaban J connectivity index is 2.10. The Labute approximate surface area is 138 Å². The highest BCUT2D eigenvalue weighted by Gasteiger charge is 2.73. The molecule has 2 fully saturated rings. The van der Waals surface area contributed by atoms with E-state index in [-0.39, 0.29) is 35.8 Å². The van der Waals surface area contributed by atoms with Crippen LogP contribution in [0.25, 0.3) is 0 Å². The Kier molecular flexibility index (Phi) is 4.00. The number of hydrogen-bond donors (Lipinski definition) is 1. The maximum Gasteiger partial charge on any atom is 0.210 e. The molecular weight excluding hydrogens is 296 g/mol. The van der Waals surface area contributed by atoms with E-state index in [1.54, 1.807) is 0 Å². The number of Topliss-reactive ketones (excluding diaryl/α,β-unsaturated/α-hetero) is 1. The van der Waals surface area contributed by atoms with Gasteiger partial charge in [0.15, 0.2) is 5.76 Å². The third kappa shape index (κ3) is 2.23. The third-order valence-corrected chi connectivity index (χ3v) is 5.39. The number of aliphatic hydroxyl groups is 1. The summed E-state index contributed by atoms with van der Waals surface area (Å²) in [6.07, 6.45) is 1.87. The van der Waals surface area contributed by atoms with Gasteiger partial charge in [0.1, 0.15) is 5.60 Å². The predicted octanol–water partition coefficient (Wildman–Crippen LogP) is 2.57. The van der Waals surface area contributed by atoms with Crippen LogP contribution in [0.5, 0.6) is 0 Å². The molecule has 3 rings (SSSR count). The van der Waals surface area contributed by atoms with Crippen LogP contribution < -0.4 is 0 Å². The maximum atomic E-state index is 13.1. The van der Waals surface area contributed by atoms with Crippen LogP contribution in [0.4, 0.5) is 0 Å². The van der Waals surface area contributed by atoms with Crippen molar-refractivity contribution < 1.29 is 24.1 Å². The average molecular weight is 324 g/mol. The smallest absolute Gasteiger partial charge is 0.210 e. The molecular formula is C18H28O5. The fraction of sp³-hybridized carbons (Fsp3) is 0.833. The van der Waals surface area contributed by atoms with Crippen molar-refractivity contribution in [2.45, 2.75) is 77.8 Å². The van der Waals surface area contributed by atoms with E-state index in [4.69, 9.17) is 14.2 Å². The van der Waals surface area contributed by atoms with E-state index in [0.29, 0.717) is 18.8 Å². The molecule has 0 radical (unpaired) electrons. The second kappa shape index (κ2) is 5.49. The number of allylic oxidation sites excluding steroid dienone is 1. The lowest BCUT2D eigenvalue weighted by Crippen LogP contribution is -2.49. The molecule has 0 aromatic rings. The number of rotatable bonds is 4. The molecule has 0 aromatic carbocycles. The minimum Gasteiger partial charge on any atom is -0.488 e. The summed E-state index contributed by atoms with van der Waals surface area (Å²) < 4.78 is 17.6. The van der Waals surface area contributed by atoms with E-state index in [2.05, 4.69) is 0 Å². The summed E-state index contributed by atoms with van der Waals surface area (Å²) >= 11 is 0. The van der Waals surface area contributed by atoms with Crippen molar-refractivity contribution in [2.24, 2.45) is 11.3 Å². The average Bonchev–Trinajstić information content (AvgIpc) is 2.78. The molecule has 5 heteroatoms. The number of hydrogen-bond acceptors (Lipinski definition) is 5. The van der Waals surface area contributed by atoms with Crippen molar-refractivity contribution >= 4 is 5.78 Å². The highest BCUT2D eigenvalue weighted by Crippen LogP contribution is 2.62. The zero-order valence-corrected chi connectivity index (χ0v) is 14.7. The summed E-state index contributed by atoms with van der Waals surface area (Å²) in [5.74, 6) is 0.268. The summed E-state index contributed by atoms with van der Waals surface area (Å²) in [5, 5.41) is 11.7. The van der Waals surface area contributed by atoms with Crippen molar-refractivity contribution in [3.63, 3.8) is 0 Å². The largest absolute Gasteiger partial charge is 0.488 e. The molecule has 1 saturated carbocycles. The Bertz CT molecular complexity index is 538. The molecule has 0 aromatic heterocycles. The fourth-order valence-corrected chi connectivity index (χ4v) is 4.42. The Morgan fingerprint density at radius 2 is 1.87 bits per heavy atom. The van der Waals surface area contributed by atoms with Gasteiger partial charge in [-0.15, -0.1) is 0 Å². The number of fused-ring (bicyclic) bond motifs is 3. The normalized spacial score (nSPS) is 39.9. The number of carbonyl (C=O) groups is 1. The number of ether oxygens (including phenoxy) is 3. The van der Waals surface area contributed by atoms with Gasteiger partial charge >= 0.3 is 0 Å². The van der Waals surface area contributed by atoms with Crippen molar-refractivity contribution in [1.82, 2.24) is 0 Å². The van der Waals surface area contributed by atoms with Gasteiger partial charge in [-0.05, 0) is 53.9 Å². The van der Waals surface area contributed by atoms with E-state index < -0.39 is 11.0 Å². The molecule has 130 valence electrons. The van der Waals surface area contributed by atoms with Gasteiger partial charge in [-0.1, -0.05) is 0 Å². The van der Waals surface area contributed by atoms with Gasteiger partial charge in [-0.2, -0.15) is 0 Å². The molecule has 0 bridgehead atoms. The molecule has 1 aliphatic heterocycles. The van der Waals surface area contributed by atoms with Gasteiger partial charge in [0.2, 0.25) is 11.5 Å². The highest BCUT2D eigenvalue weighted by atomic mass is 16.5. The molecule has 0 amide bonds. The molecule has 0 spiro atoms. The summed E-state index contributed by atoms with van der Waals surface area (Å²) in [6.45, 7) is 10.1. The third-order valence-electron chi connectivity index (χ3n) is 5.39. The SMILES string of the molecule is CC(C)OC1=C(OC(C)C)[C@@]2(O)[C@H]3CCCO[C@H]3C[C@@]2(C)C1=O. The standard InChI is InChI=1S/C18H28O5/c1-10(2)22-14-15(19)17(5)9-13-12(7-6-8-21-13)18(17,20)16(14)23-11(3)4/h10-13,20H,6-9H2,1-5H3/t12-,13-,17-,18-/m0/s1. The van der Waals surface area contributed by atoms with Gasteiger partial charge in [-0.3, -0.25) is 4.79 Å². The highest BCUT2D eigenvalue weighted by molar-refractivity contribution is 6.03. The lowest BCUT2D eigenvalue weighted by atomic mass is 9.72. The van der Waals surface area contributed by atoms with Crippen LogP contribution in [-0.4, -0.2) is 41.4 Å². The minimum absolute atomic E-state index is 0.0888. The predicted molar refractivity (Wildman–Crippen MR) is 84.6 cm³/mol. The fourth-order valence-electron chi connectivity index (χ4n) is 4.42. The van der Waals surface area contributed by atoms with Crippen molar-refractivity contribution in [2.75, 3.05) is 6.61 Å². The van der Waals surface area contributed by atoms with Crippen LogP contribution >= 0.6 is 0 Å². The first-order valence-electron chi connectivity index (χ1n) is 8.68. The molecule has 1 heterocycles. The molecule has 0 unspecified atom stereocenters. The zero-order chi connectivity index (χ0) is 17.0. The van der Waals surface area contributed by atoms with Crippen LogP contribution in [0.2, 0.25) is 0 Å². The molecule has 4 atom stereocenters. The van der Waals surface area contributed by atoms with E-state index >= 15 is 0 Å². The van der Waals surface area contributed by atoms with Crippen molar-refractivity contribution in [1.29, 1.82) is 0 Å². The topological polar surface area (TPSA) is 65.0 Å². The molecule has 2 aliphatic carbocycles. The Hall–Kier alpha value is -1.07. The lowest BCUT2D eigenvalue weighted by Gasteiger charge is -2.39. The van der Waals surface area contributed by atoms with Gasteiger partial charge in [0, 0.05) is 12.5 Å². The second-order valence-electron chi connectivity index (χ2n) is 7.78. The summed E-state index contributed by atoms with van der Waals surface area (Å²) in [4.78, 5) is 13.1. The lowest BCUT2D eigenvalue weighted by molar-refractivity contribution is -0.140. The van der Waals surface area contributed by atoms with Gasteiger partial charge < -0.3 is 19.3 Å². The van der Waals surface area contributed by atoms with E-state index in [0.717, 1.165) is 12.8 Å². The first-order valence-corrected chi connectivity index (χ1v) is 8.68.